The molecule has 0 fully saturated rings. The van der Waals surface area contributed by atoms with E-state index in [0.29, 0.717) is 0 Å². The van der Waals surface area contributed by atoms with Crippen molar-refractivity contribution in [3.05, 3.63) is 231 Å². The number of hydrogen-bond donors (Lipinski definition) is 0. The van der Waals surface area contributed by atoms with E-state index in [0.717, 1.165) is 44.7 Å². The van der Waals surface area contributed by atoms with Gasteiger partial charge in [0.15, 0.2) is 0 Å². The Morgan fingerprint density at radius 3 is 1.47 bits per heavy atom. The summed E-state index contributed by atoms with van der Waals surface area (Å²) in [6.45, 7) is 26.2. The zero-order valence-corrected chi connectivity index (χ0v) is 46.4. The molecular formula is C75H61NO2. The first-order chi connectivity index (χ1) is 37.5. The molecule has 10 aromatic carbocycles. The van der Waals surface area contributed by atoms with Crippen LogP contribution in [0.1, 0.15) is 117 Å². The molecule has 4 aliphatic carbocycles. The lowest BCUT2D eigenvalue weighted by atomic mass is 9.72. The number of anilines is 3. The summed E-state index contributed by atoms with van der Waals surface area (Å²) in [6.07, 6.45) is 0. The topological polar surface area (TPSA) is 29.5 Å². The van der Waals surface area contributed by atoms with Crippen LogP contribution in [-0.4, -0.2) is 0 Å². The molecule has 0 amide bonds. The molecule has 0 saturated carbocycles. The van der Waals surface area contributed by atoms with Gasteiger partial charge in [0.05, 0.1) is 5.69 Å². The van der Waals surface area contributed by atoms with Gasteiger partial charge in [0.1, 0.15) is 22.3 Å². The summed E-state index contributed by atoms with van der Waals surface area (Å²) in [5.41, 5.74) is 33.6. The van der Waals surface area contributed by atoms with Crippen molar-refractivity contribution in [2.45, 2.75) is 97.8 Å². The Balaban J connectivity index is 0.898. The van der Waals surface area contributed by atoms with Crippen molar-refractivity contribution in [1.82, 2.24) is 0 Å². The number of fused-ring (bicyclic) bond motifs is 22. The Morgan fingerprint density at radius 2 is 0.808 bits per heavy atom. The predicted octanol–water partition coefficient (Wildman–Crippen LogP) is 20.8. The van der Waals surface area contributed by atoms with Crippen LogP contribution in [0.15, 0.2) is 179 Å². The minimum Gasteiger partial charge on any atom is -0.455 e. The molecule has 0 aliphatic heterocycles. The minimum atomic E-state index is -0.350. The first-order valence-corrected chi connectivity index (χ1v) is 28.0. The van der Waals surface area contributed by atoms with Crippen molar-refractivity contribution in [2.75, 3.05) is 4.90 Å². The molecule has 0 unspecified atom stereocenters. The molecular weight excluding hydrogens is 947 g/mol. The fourth-order valence-corrected chi connectivity index (χ4v) is 15.9. The maximum absolute atomic E-state index is 7.10. The van der Waals surface area contributed by atoms with E-state index in [9.17, 15) is 0 Å². The minimum absolute atomic E-state index is 0.124. The fraction of sp³-hybridized carbons (Fsp3) is 0.200. The van der Waals surface area contributed by atoms with Gasteiger partial charge in [-0.15, -0.1) is 0 Å². The summed E-state index contributed by atoms with van der Waals surface area (Å²) < 4.78 is 14.1. The molecule has 3 heteroatoms. The van der Waals surface area contributed by atoms with E-state index in [1.807, 2.05) is 0 Å². The lowest BCUT2D eigenvalue weighted by molar-refractivity contribution is 0.600. The lowest BCUT2D eigenvalue weighted by Crippen LogP contribution is -2.24. The monoisotopic (exact) mass is 1010 g/mol. The number of rotatable bonds is 4. The summed E-state index contributed by atoms with van der Waals surface area (Å²) in [5.74, 6) is 0. The van der Waals surface area contributed by atoms with Crippen LogP contribution in [-0.2, 0) is 21.7 Å². The quantitative estimate of drug-likeness (QED) is 0.176. The number of furan rings is 2. The zero-order chi connectivity index (χ0) is 53.3. The highest BCUT2D eigenvalue weighted by atomic mass is 16.3. The Hall–Kier alpha value is -8.40. The maximum Gasteiger partial charge on any atom is 0.144 e. The van der Waals surface area contributed by atoms with Crippen molar-refractivity contribution in [1.29, 1.82) is 0 Å². The molecule has 378 valence electrons. The van der Waals surface area contributed by atoms with E-state index in [4.69, 9.17) is 8.83 Å². The van der Waals surface area contributed by atoms with E-state index < -0.39 is 0 Å². The van der Waals surface area contributed by atoms with Crippen molar-refractivity contribution in [3.63, 3.8) is 0 Å². The Bertz CT molecular complexity index is 4690. The molecule has 4 aliphatic rings. The smallest absolute Gasteiger partial charge is 0.144 e. The molecule has 0 bridgehead atoms. The van der Waals surface area contributed by atoms with Gasteiger partial charge in [0, 0.05) is 65.7 Å². The summed E-state index contributed by atoms with van der Waals surface area (Å²) in [4.78, 5) is 2.56. The third kappa shape index (κ3) is 5.64. The highest BCUT2D eigenvalue weighted by molar-refractivity contribution is 6.21. The molecule has 0 radical (unpaired) electrons. The molecule has 78 heavy (non-hydrogen) atoms. The number of hydrogen-bond acceptors (Lipinski definition) is 3. The SMILES string of the molecule is Cc1cc(C)c(N(c2ccc3c(c2)C(C)(C)c2cc(-c4ccc5c(c4)C(C)(C)c4ccccc4-5)c4oc5ccccc5c4c2-3)c2ccc3c(c2)C(C)(C)c2c4c(c5c(oc6ccccc65)c2-3)-c2ccccc2C4(C)C)c(C)c1. The molecule has 2 heterocycles. The van der Waals surface area contributed by atoms with Crippen LogP contribution in [0.4, 0.5) is 17.1 Å². The average molecular weight is 1010 g/mol. The fourth-order valence-electron chi connectivity index (χ4n) is 15.9. The summed E-state index contributed by atoms with van der Waals surface area (Å²) >= 11 is 0. The van der Waals surface area contributed by atoms with Crippen LogP contribution < -0.4 is 4.90 Å². The third-order valence-electron chi connectivity index (χ3n) is 19.4. The lowest BCUT2D eigenvalue weighted by Gasteiger charge is -2.33. The second-order valence-corrected chi connectivity index (χ2v) is 25.3. The van der Waals surface area contributed by atoms with Crippen molar-refractivity contribution < 1.29 is 8.83 Å². The van der Waals surface area contributed by atoms with Crippen molar-refractivity contribution in [3.8, 4) is 55.6 Å². The van der Waals surface area contributed by atoms with Crippen LogP contribution in [0.25, 0.3) is 99.5 Å². The van der Waals surface area contributed by atoms with Gasteiger partial charge >= 0.3 is 0 Å². The molecule has 3 nitrogen and oxygen atoms in total. The molecule has 0 spiro atoms. The second kappa shape index (κ2) is 15.0. The molecule has 0 N–H and O–H groups in total. The Morgan fingerprint density at radius 1 is 0.346 bits per heavy atom. The summed E-state index contributed by atoms with van der Waals surface area (Å²) in [6, 6.07) is 64.1. The van der Waals surface area contributed by atoms with Crippen LogP contribution in [0.2, 0.25) is 0 Å². The Kier molecular flexibility index (Phi) is 8.80. The standard InChI is InChI=1S/C75H61NO2/c1-40-34-41(2)69(42(3)35-40)76(45-30-33-50-58(38-45)75(10,11)68-66(50)71-65(52-23-15-19-27-61(52)78-71)63-48-21-13-17-25-55(48)74(8,9)67(63)68)44-29-32-49-57(37-44)73(6,7)59-39-53(70-64(62(49)59)51-22-14-18-26-60(51)77-70)43-28-31-47-46-20-12-16-24-54(46)72(4,5)56(47)36-43/h12-39H,1-11H3. The van der Waals surface area contributed by atoms with E-state index in [-0.39, 0.29) is 21.7 Å². The largest absolute Gasteiger partial charge is 0.455 e. The third-order valence-corrected chi connectivity index (χ3v) is 19.4. The average Bonchev–Trinajstić information content (AvgIpc) is 3.73. The summed E-state index contributed by atoms with van der Waals surface area (Å²) in [7, 11) is 0. The van der Waals surface area contributed by atoms with Crippen molar-refractivity contribution in [2.24, 2.45) is 0 Å². The molecule has 12 aromatic rings. The highest BCUT2D eigenvalue weighted by Crippen LogP contribution is 2.64. The van der Waals surface area contributed by atoms with Gasteiger partial charge in [-0.05, 0) is 169 Å². The first kappa shape index (κ1) is 45.8. The Labute approximate surface area is 456 Å². The van der Waals surface area contributed by atoms with Crippen molar-refractivity contribution >= 4 is 60.9 Å². The number of nitrogens with zero attached hydrogens (tertiary/aromatic N) is 1. The molecule has 16 rings (SSSR count). The number of para-hydroxylation sites is 2. The normalized spacial score (nSPS) is 16.0. The van der Waals surface area contributed by atoms with Crippen LogP contribution in [0.3, 0.4) is 0 Å². The van der Waals surface area contributed by atoms with Gasteiger partial charge in [0.2, 0.25) is 0 Å². The van der Waals surface area contributed by atoms with Crippen LogP contribution >= 0.6 is 0 Å². The van der Waals surface area contributed by atoms with Crippen LogP contribution in [0.5, 0.6) is 0 Å². The second-order valence-electron chi connectivity index (χ2n) is 25.3. The molecule has 0 saturated heterocycles. The van der Waals surface area contributed by atoms with E-state index >= 15 is 0 Å². The van der Waals surface area contributed by atoms with E-state index in [1.54, 1.807) is 0 Å². The van der Waals surface area contributed by atoms with Gasteiger partial charge in [-0.2, -0.15) is 0 Å². The van der Waals surface area contributed by atoms with Crippen LogP contribution in [0, 0.1) is 20.8 Å². The maximum atomic E-state index is 7.10. The molecule has 0 atom stereocenters. The first-order valence-electron chi connectivity index (χ1n) is 28.0. The number of aryl methyl sites for hydroxylation is 3. The number of benzene rings is 10. The van der Waals surface area contributed by atoms with Gasteiger partial charge < -0.3 is 13.7 Å². The zero-order valence-electron chi connectivity index (χ0n) is 46.4. The highest BCUT2D eigenvalue weighted by Gasteiger charge is 2.49. The van der Waals surface area contributed by atoms with E-state index in [1.165, 1.54) is 133 Å². The predicted molar refractivity (Wildman–Crippen MR) is 326 cm³/mol. The van der Waals surface area contributed by atoms with E-state index in [2.05, 4.69) is 251 Å². The van der Waals surface area contributed by atoms with Gasteiger partial charge in [-0.1, -0.05) is 182 Å². The van der Waals surface area contributed by atoms with Gasteiger partial charge in [-0.3, -0.25) is 0 Å². The van der Waals surface area contributed by atoms with Gasteiger partial charge in [0.25, 0.3) is 0 Å². The van der Waals surface area contributed by atoms with Gasteiger partial charge in [-0.25, -0.2) is 0 Å². The summed E-state index contributed by atoms with van der Waals surface area (Å²) in [5, 5.41) is 4.75. The molecule has 2 aromatic heterocycles.